The van der Waals surface area contributed by atoms with Crippen molar-refractivity contribution in [1.82, 2.24) is 15.5 Å². The number of rotatable bonds is 5. The van der Waals surface area contributed by atoms with Crippen LogP contribution in [0.1, 0.15) is 26.2 Å². The van der Waals surface area contributed by atoms with Crippen molar-refractivity contribution in [3.63, 3.8) is 0 Å². The maximum Gasteiger partial charge on any atom is 0.394 e. The number of amides is 3. The number of nitrogens with zero attached hydrogens (tertiary/aromatic N) is 1. The molecule has 1 aliphatic heterocycles. The Morgan fingerprint density at radius 3 is 2.24 bits per heavy atom. The molecule has 0 aromatic carbocycles. The molecule has 2 fully saturated rings. The molecular formula is C15H22F3N3O4. The lowest BCUT2D eigenvalue weighted by Gasteiger charge is -2.40. The lowest BCUT2D eigenvalue weighted by atomic mass is 9.68. The molecule has 25 heavy (non-hydrogen) atoms. The van der Waals surface area contributed by atoms with Crippen LogP contribution >= 0.6 is 0 Å². The monoisotopic (exact) mass is 365 g/mol. The molecule has 1 saturated heterocycles. The first-order chi connectivity index (χ1) is 11.6. The number of aliphatic carboxylic acids is 1. The Labute approximate surface area is 142 Å². The summed E-state index contributed by atoms with van der Waals surface area (Å²) in [5.74, 6) is -5.52. The molecule has 2 aliphatic rings. The van der Waals surface area contributed by atoms with Gasteiger partial charge in [0.1, 0.15) is 0 Å². The highest BCUT2D eigenvalue weighted by Crippen LogP contribution is 2.41. The third-order valence-electron chi connectivity index (χ3n) is 5.05. The van der Waals surface area contributed by atoms with E-state index in [9.17, 15) is 27.6 Å². The Hall–Kier alpha value is -2.00. The molecule has 0 aromatic rings. The first kappa shape index (κ1) is 19.3. The van der Waals surface area contributed by atoms with Crippen LogP contribution in [0.15, 0.2) is 0 Å². The molecular weight excluding hydrogens is 343 g/mol. The highest BCUT2D eigenvalue weighted by atomic mass is 19.4. The molecule has 0 aromatic heterocycles. The summed E-state index contributed by atoms with van der Waals surface area (Å²) in [7, 11) is 0. The van der Waals surface area contributed by atoms with Crippen molar-refractivity contribution in [2.45, 2.75) is 32.4 Å². The average molecular weight is 365 g/mol. The van der Waals surface area contributed by atoms with Gasteiger partial charge < -0.3 is 20.6 Å². The molecule has 0 spiro atoms. The number of hydrogen-bond acceptors (Lipinski definition) is 3. The van der Waals surface area contributed by atoms with E-state index in [0.717, 1.165) is 11.3 Å². The van der Waals surface area contributed by atoms with Crippen molar-refractivity contribution in [2.24, 2.45) is 17.3 Å². The largest absolute Gasteiger partial charge is 0.481 e. The van der Waals surface area contributed by atoms with Gasteiger partial charge in [-0.05, 0) is 19.8 Å². The minimum Gasteiger partial charge on any atom is -0.481 e. The van der Waals surface area contributed by atoms with Crippen LogP contribution in [0.3, 0.4) is 0 Å². The minimum absolute atomic E-state index is 0.0303. The van der Waals surface area contributed by atoms with Gasteiger partial charge >= 0.3 is 18.2 Å². The van der Waals surface area contributed by atoms with Crippen LogP contribution < -0.4 is 10.6 Å². The molecule has 0 radical (unpaired) electrons. The Bertz CT molecular complexity index is 549. The zero-order valence-corrected chi connectivity index (χ0v) is 13.9. The van der Waals surface area contributed by atoms with Crippen LogP contribution in [0.4, 0.5) is 18.0 Å². The maximum absolute atomic E-state index is 13.0. The third kappa shape index (κ3) is 3.98. The van der Waals surface area contributed by atoms with Gasteiger partial charge in [0.25, 0.3) is 0 Å². The second kappa shape index (κ2) is 7.09. The second-order valence-corrected chi connectivity index (χ2v) is 6.65. The van der Waals surface area contributed by atoms with E-state index in [1.54, 1.807) is 6.92 Å². The summed E-state index contributed by atoms with van der Waals surface area (Å²) in [6, 6.07) is -0.770. The number of carboxylic acids is 1. The van der Waals surface area contributed by atoms with E-state index in [2.05, 4.69) is 10.6 Å². The molecule has 2 rings (SSSR count). The first-order valence-electron chi connectivity index (χ1n) is 8.21. The van der Waals surface area contributed by atoms with Gasteiger partial charge in [0.2, 0.25) is 5.91 Å². The number of urea groups is 1. The van der Waals surface area contributed by atoms with Gasteiger partial charge in [-0.3, -0.25) is 9.59 Å². The summed E-state index contributed by atoms with van der Waals surface area (Å²) in [6.07, 6.45) is -2.65. The van der Waals surface area contributed by atoms with Crippen molar-refractivity contribution in [3.8, 4) is 0 Å². The molecule has 1 aliphatic carbocycles. The van der Waals surface area contributed by atoms with E-state index in [1.807, 2.05) is 0 Å². The zero-order valence-electron chi connectivity index (χ0n) is 13.9. The van der Waals surface area contributed by atoms with E-state index >= 15 is 0 Å². The first-order valence-corrected chi connectivity index (χ1v) is 8.21. The van der Waals surface area contributed by atoms with Gasteiger partial charge in [0, 0.05) is 26.2 Å². The number of alkyl halides is 3. The third-order valence-corrected chi connectivity index (χ3v) is 5.05. The van der Waals surface area contributed by atoms with Gasteiger partial charge in [0.15, 0.2) is 0 Å². The number of carbonyl (C=O) groups is 3. The van der Waals surface area contributed by atoms with Crippen molar-refractivity contribution in [1.29, 1.82) is 0 Å². The Kier molecular flexibility index (Phi) is 5.48. The number of carboxylic acid groups (broad SMARTS) is 1. The molecule has 3 amide bonds. The van der Waals surface area contributed by atoms with Gasteiger partial charge in [-0.15, -0.1) is 0 Å². The fourth-order valence-corrected chi connectivity index (χ4v) is 3.34. The van der Waals surface area contributed by atoms with Crippen molar-refractivity contribution in [3.05, 3.63) is 0 Å². The van der Waals surface area contributed by atoms with Crippen LogP contribution in [0.5, 0.6) is 0 Å². The highest BCUT2D eigenvalue weighted by molar-refractivity contribution is 5.85. The van der Waals surface area contributed by atoms with E-state index in [4.69, 9.17) is 5.11 Å². The van der Waals surface area contributed by atoms with Crippen LogP contribution in [-0.4, -0.2) is 60.3 Å². The fourth-order valence-electron chi connectivity index (χ4n) is 3.34. The molecule has 142 valence electrons. The van der Waals surface area contributed by atoms with Gasteiger partial charge in [0.05, 0.1) is 17.3 Å². The molecule has 2 atom stereocenters. The minimum atomic E-state index is -4.69. The topological polar surface area (TPSA) is 98.7 Å². The van der Waals surface area contributed by atoms with E-state index in [-0.39, 0.29) is 12.5 Å². The SMILES string of the molecule is CCNC(=O)C1(CNC(=O)N2C[C@@H](C(F)(F)F)[C@H](C(=O)O)C2)CCC1. The van der Waals surface area contributed by atoms with E-state index in [0.29, 0.717) is 19.4 Å². The Balaban J connectivity index is 1.97. The summed E-state index contributed by atoms with van der Waals surface area (Å²) < 4.78 is 38.9. The molecule has 1 heterocycles. The van der Waals surface area contributed by atoms with Gasteiger partial charge in [-0.25, -0.2) is 4.79 Å². The molecule has 10 heteroatoms. The number of halogens is 3. The van der Waals surface area contributed by atoms with Crippen LogP contribution in [0.25, 0.3) is 0 Å². The lowest BCUT2D eigenvalue weighted by molar-refractivity contribution is -0.187. The summed E-state index contributed by atoms with van der Waals surface area (Å²) in [6.45, 7) is 1.06. The summed E-state index contributed by atoms with van der Waals surface area (Å²) in [4.78, 5) is 36.2. The number of hydrogen-bond donors (Lipinski definition) is 3. The Morgan fingerprint density at radius 2 is 1.84 bits per heavy atom. The zero-order chi connectivity index (χ0) is 18.8. The van der Waals surface area contributed by atoms with Gasteiger partial charge in [-0.1, -0.05) is 6.42 Å². The molecule has 0 bridgehead atoms. The van der Waals surface area contributed by atoms with E-state index in [1.165, 1.54) is 0 Å². The lowest BCUT2D eigenvalue weighted by Crippen LogP contribution is -2.54. The maximum atomic E-state index is 13.0. The molecule has 7 nitrogen and oxygen atoms in total. The number of carbonyl (C=O) groups excluding carboxylic acids is 2. The average Bonchev–Trinajstić information content (AvgIpc) is 2.91. The summed E-state index contributed by atoms with van der Waals surface area (Å²) >= 11 is 0. The van der Waals surface area contributed by atoms with Crippen LogP contribution in [0.2, 0.25) is 0 Å². The van der Waals surface area contributed by atoms with Crippen molar-refractivity contribution in [2.75, 3.05) is 26.2 Å². The fraction of sp³-hybridized carbons (Fsp3) is 0.800. The van der Waals surface area contributed by atoms with E-state index < -0.39 is 48.5 Å². The molecule has 1 saturated carbocycles. The highest BCUT2D eigenvalue weighted by Gasteiger charge is 2.54. The summed E-state index contributed by atoms with van der Waals surface area (Å²) in [5, 5.41) is 14.2. The van der Waals surface area contributed by atoms with Crippen molar-refractivity contribution >= 4 is 17.9 Å². The number of likely N-dealkylation sites (tertiary alicyclic amines) is 1. The number of nitrogens with one attached hydrogen (secondary N) is 2. The quantitative estimate of drug-likeness (QED) is 0.682. The van der Waals surface area contributed by atoms with Crippen molar-refractivity contribution < 1.29 is 32.7 Å². The smallest absolute Gasteiger partial charge is 0.394 e. The van der Waals surface area contributed by atoms with Crippen LogP contribution in [-0.2, 0) is 9.59 Å². The van der Waals surface area contributed by atoms with Gasteiger partial charge in [-0.2, -0.15) is 13.2 Å². The molecule has 0 unspecified atom stereocenters. The normalized spacial score (nSPS) is 25.2. The molecule has 3 N–H and O–H groups in total. The Morgan fingerprint density at radius 1 is 1.20 bits per heavy atom. The van der Waals surface area contributed by atoms with Crippen LogP contribution in [0, 0.1) is 17.3 Å². The summed E-state index contributed by atoms with van der Waals surface area (Å²) in [5.41, 5.74) is -0.721. The predicted molar refractivity (Wildman–Crippen MR) is 80.6 cm³/mol. The second-order valence-electron chi connectivity index (χ2n) is 6.65. The standard InChI is InChI=1S/C15H22F3N3O4/c1-2-19-12(24)14(4-3-5-14)8-20-13(25)21-6-9(11(22)23)10(7-21)15(16,17)18/h9-10H,2-8H2,1H3,(H,19,24)(H,20,25)(H,22,23)/t9-,10-/m1/s1. The predicted octanol–water partition coefficient (Wildman–Crippen LogP) is 1.20.